The molecule has 0 aromatic heterocycles. The maximum atomic E-state index is 14.0. The van der Waals surface area contributed by atoms with Gasteiger partial charge in [-0.3, -0.25) is 9.59 Å². The number of nitrogens with one attached hydrogen (secondary N) is 2. The van der Waals surface area contributed by atoms with Crippen molar-refractivity contribution in [2.75, 3.05) is 16.4 Å². The summed E-state index contributed by atoms with van der Waals surface area (Å²) in [5.74, 6) is -3.09. The van der Waals surface area contributed by atoms with Crippen molar-refractivity contribution in [1.82, 2.24) is 0 Å². The quantitative estimate of drug-likeness (QED) is 0.229. The van der Waals surface area contributed by atoms with Crippen LogP contribution < -0.4 is 16.4 Å². The minimum atomic E-state index is -1.35. The molecule has 1 saturated carbocycles. The van der Waals surface area contributed by atoms with Gasteiger partial charge in [-0.25, -0.2) is 4.39 Å². The summed E-state index contributed by atoms with van der Waals surface area (Å²) in [6.07, 6.45) is 0. The molecule has 2 atom stereocenters. The number of carbonyl (C=O) groups excluding carboxylic acids is 2. The molecule has 5 nitrogen and oxygen atoms in total. The maximum Gasteiger partial charge on any atom is 0.257 e. The summed E-state index contributed by atoms with van der Waals surface area (Å²) in [6, 6.07) is 13.0. The zero-order valence-corrected chi connectivity index (χ0v) is 20.8. The van der Waals surface area contributed by atoms with Crippen molar-refractivity contribution in [3.8, 4) is 0 Å². The molecule has 0 unspecified atom stereocenters. The average molecular weight is 562 g/mol. The predicted octanol–water partition coefficient (Wildman–Crippen LogP) is 7.15. The number of benzene rings is 3. The Labute approximate surface area is 219 Å². The van der Waals surface area contributed by atoms with Gasteiger partial charge < -0.3 is 16.4 Å². The zero-order valence-electron chi connectivity index (χ0n) is 17.0. The van der Waals surface area contributed by atoms with Gasteiger partial charge in [-0.15, -0.1) is 23.2 Å². The van der Waals surface area contributed by atoms with Gasteiger partial charge in [0, 0.05) is 17.3 Å². The van der Waals surface area contributed by atoms with Gasteiger partial charge in [0.05, 0.1) is 32.2 Å². The van der Waals surface area contributed by atoms with E-state index in [0.29, 0.717) is 15.6 Å². The highest BCUT2D eigenvalue weighted by molar-refractivity contribution is 6.53. The van der Waals surface area contributed by atoms with Crippen LogP contribution in [0.1, 0.15) is 21.8 Å². The molecule has 1 aliphatic rings. The second-order valence-electron chi connectivity index (χ2n) is 7.68. The third kappa shape index (κ3) is 4.92. The standard InChI is InChI=1S/C23H15Cl5FN3O2/c24-14-5-3-12(9-13(14)21(33)32-18-8-11(30)2-6-17(18)29)31-22(34)20-19(23(20,27)28)10-1-4-15(25)16(26)7-10/h1-9,19-20H,30H2,(H,31,34)(H,32,33)/t19-,20+/m0/s1. The summed E-state index contributed by atoms with van der Waals surface area (Å²) in [6.45, 7) is 0. The Morgan fingerprint density at radius 2 is 1.59 bits per heavy atom. The highest BCUT2D eigenvalue weighted by Gasteiger charge is 2.67. The van der Waals surface area contributed by atoms with Gasteiger partial charge in [0.25, 0.3) is 5.91 Å². The van der Waals surface area contributed by atoms with Crippen molar-refractivity contribution < 1.29 is 14.0 Å². The van der Waals surface area contributed by atoms with Crippen LogP contribution in [0.2, 0.25) is 15.1 Å². The molecule has 4 rings (SSSR count). The largest absolute Gasteiger partial charge is 0.399 e. The number of amides is 2. The molecule has 11 heteroatoms. The lowest BCUT2D eigenvalue weighted by Gasteiger charge is -2.11. The molecule has 4 N–H and O–H groups in total. The molecule has 0 aliphatic heterocycles. The van der Waals surface area contributed by atoms with Crippen LogP contribution in [0.5, 0.6) is 0 Å². The maximum absolute atomic E-state index is 14.0. The topological polar surface area (TPSA) is 84.2 Å². The van der Waals surface area contributed by atoms with Gasteiger partial charge in [-0.05, 0) is 54.1 Å². The van der Waals surface area contributed by atoms with Gasteiger partial charge in [0.1, 0.15) is 10.2 Å². The monoisotopic (exact) mass is 559 g/mol. The van der Waals surface area contributed by atoms with Crippen LogP contribution in [0, 0.1) is 11.7 Å². The molecule has 0 bridgehead atoms. The Bertz CT molecular complexity index is 1320. The smallest absolute Gasteiger partial charge is 0.257 e. The van der Waals surface area contributed by atoms with E-state index in [4.69, 9.17) is 63.7 Å². The molecular weight excluding hydrogens is 547 g/mol. The molecule has 1 aliphatic carbocycles. The first-order chi connectivity index (χ1) is 16.0. The van der Waals surface area contributed by atoms with E-state index in [2.05, 4.69) is 10.6 Å². The fourth-order valence-electron chi connectivity index (χ4n) is 3.60. The second-order valence-corrected chi connectivity index (χ2v) is 10.3. The fraction of sp³-hybridized carbons (Fsp3) is 0.130. The molecule has 0 heterocycles. The Balaban J connectivity index is 1.52. The van der Waals surface area contributed by atoms with Crippen LogP contribution in [0.25, 0.3) is 0 Å². The van der Waals surface area contributed by atoms with E-state index < -0.39 is 33.8 Å². The van der Waals surface area contributed by atoms with Crippen molar-refractivity contribution in [2.24, 2.45) is 5.92 Å². The molecular formula is C23H15Cl5FN3O2. The van der Waals surface area contributed by atoms with Crippen LogP contribution in [-0.4, -0.2) is 16.1 Å². The second kappa shape index (κ2) is 9.44. The van der Waals surface area contributed by atoms with Crippen LogP contribution in [-0.2, 0) is 4.79 Å². The Morgan fingerprint density at radius 3 is 2.29 bits per heavy atom. The van der Waals surface area contributed by atoms with E-state index in [1.54, 1.807) is 18.2 Å². The van der Waals surface area contributed by atoms with Crippen molar-refractivity contribution in [3.05, 3.63) is 86.6 Å². The highest BCUT2D eigenvalue weighted by Crippen LogP contribution is 2.65. The van der Waals surface area contributed by atoms with E-state index in [0.717, 1.165) is 6.07 Å². The third-order valence-corrected chi connectivity index (χ3v) is 7.36. The molecule has 176 valence electrons. The lowest BCUT2D eigenvalue weighted by atomic mass is 10.1. The fourth-order valence-corrected chi connectivity index (χ4v) is 4.94. The molecule has 0 radical (unpaired) electrons. The van der Waals surface area contributed by atoms with E-state index in [9.17, 15) is 14.0 Å². The van der Waals surface area contributed by atoms with E-state index in [-0.39, 0.29) is 27.6 Å². The number of alkyl halides is 2. The molecule has 34 heavy (non-hydrogen) atoms. The number of carbonyl (C=O) groups is 2. The first-order valence-electron chi connectivity index (χ1n) is 9.78. The number of anilines is 3. The van der Waals surface area contributed by atoms with E-state index in [1.807, 2.05) is 0 Å². The van der Waals surface area contributed by atoms with Crippen molar-refractivity contribution >= 4 is 86.9 Å². The normalized spacial score (nSPS) is 18.3. The molecule has 0 saturated heterocycles. The summed E-state index contributed by atoms with van der Waals surface area (Å²) in [5.41, 5.74) is 6.77. The van der Waals surface area contributed by atoms with Gasteiger partial charge in [0.2, 0.25) is 5.91 Å². The van der Waals surface area contributed by atoms with Crippen LogP contribution in [0.15, 0.2) is 54.6 Å². The summed E-state index contributed by atoms with van der Waals surface area (Å²) in [7, 11) is 0. The minimum absolute atomic E-state index is 0.0149. The minimum Gasteiger partial charge on any atom is -0.399 e. The summed E-state index contributed by atoms with van der Waals surface area (Å²) >= 11 is 31.0. The zero-order chi connectivity index (χ0) is 24.8. The Morgan fingerprint density at radius 1 is 0.882 bits per heavy atom. The number of hydrogen-bond donors (Lipinski definition) is 3. The lowest BCUT2D eigenvalue weighted by molar-refractivity contribution is -0.117. The number of nitrogen functional groups attached to an aromatic ring is 1. The summed E-state index contributed by atoms with van der Waals surface area (Å²) in [5, 5.41) is 5.90. The average Bonchev–Trinajstić information content (AvgIpc) is 3.36. The van der Waals surface area contributed by atoms with Crippen molar-refractivity contribution in [3.63, 3.8) is 0 Å². The number of rotatable bonds is 5. The molecule has 3 aromatic rings. The SMILES string of the molecule is Nc1ccc(F)c(NC(=O)c2cc(NC(=O)[C@H]3[C@H](c4ccc(Cl)c(Cl)c4)C3(Cl)Cl)ccc2Cl)c1. The first-order valence-corrected chi connectivity index (χ1v) is 11.7. The van der Waals surface area contributed by atoms with Gasteiger partial charge >= 0.3 is 0 Å². The third-order valence-electron chi connectivity index (χ3n) is 5.36. The molecule has 2 amide bonds. The van der Waals surface area contributed by atoms with Gasteiger partial charge in [-0.1, -0.05) is 40.9 Å². The lowest BCUT2D eigenvalue weighted by Crippen LogP contribution is -2.18. The predicted molar refractivity (Wildman–Crippen MR) is 136 cm³/mol. The summed E-state index contributed by atoms with van der Waals surface area (Å²) < 4.78 is 12.6. The van der Waals surface area contributed by atoms with Crippen molar-refractivity contribution in [2.45, 2.75) is 10.3 Å². The van der Waals surface area contributed by atoms with Gasteiger partial charge in [0.15, 0.2) is 0 Å². The van der Waals surface area contributed by atoms with Crippen molar-refractivity contribution in [1.29, 1.82) is 0 Å². The van der Waals surface area contributed by atoms with E-state index >= 15 is 0 Å². The first kappa shape index (κ1) is 24.9. The highest BCUT2D eigenvalue weighted by atomic mass is 35.5. The Hall–Kier alpha value is -2.22. The number of hydrogen-bond acceptors (Lipinski definition) is 3. The van der Waals surface area contributed by atoms with Gasteiger partial charge in [-0.2, -0.15) is 0 Å². The molecule has 0 spiro atoms. The summed E-state index contributed by atoms with van der Waals surface area (Å²) in [4.78, 5) is 25.6. The van der Waals surface area contributed by atoms with Crippen LogP contribution in [0.4, 0.5) is 21.5 Å². The molecule has 3 aromatic carbocycles. The van der Waals surface area contributed by atoms with E-state index in [1.165, 1.54) is 30.3 Å². The Kier molecular flexibility index (Phi) is 6.91. The van der Waals surface area contributed by atoms with Crippen LogP contribution >= 0.6 is 58.0 Å². The number of halogens is 6. The number of nitrogens with two attached hydrogens (primary N) is 1. The molecule has 1 fully saturated rings. The van der Waals surface area contributed by atoms with Crippen LogP contribution in [0.3, 0.4) is 0 Å².